The lowest BCUT2D eigenvalue weighted by atomic mass is 10.2. The Morgan fingerprint density at radius 1 is 1.19 bits per heavy atom. The Labute approximate surface area is 139 Å². The summed E-state index contributed by atoms with van der Waals surface area (Å²) >= 11 is 15.1. The molecule has 0 radical (unpaired) electrons. The number of halogens is 4. The third-order valence-electron chi connectivity index (χ3n) is 3.15. The van der Waals surface area contributed by atoms with Crippen LogP contribution in [0, 0.1) is 5.82 Å². The SMILES string of the molecule is Fc1cc(Cl)ccc1-n1c(CCCl)nc2ccc(Br)cc21. The molecule has 0 aliphatic carbocycles. The van der Waals surface area contributed by atoms with Crippen LogP contribution in [0.2, 0.25) is 5.02 Å². The number of alkyl halides is 1. The van der Waals surface area contributed by atoms with Crippen molar-refractivity contribution in [2.45, 2.75) is 6.42 Å². The first kappa shape index (κ1) is 14.8. The van der Waals surface area contributed by atoms with Crippen LogP contribution in [-0.4, -0.2) is 15.4 Å². The molecule has 3 aromatic rings. The number of rotatable bonds is 3. The van der Waals surface area contributed by atoms with Crippen molar-refractivity contribution >= 4 is 50.2 Å². The summed E-state index contributed by atoms with van der Waals surface area (Å²) in [6.07, 6.45) is 0.552. The summed E-state index contributed by atoms with van der Waals surface area (Å²) in [5.74, 6) is 0.747. The second-order valence-electron chi connectivity index (χ2n) is 4.53. The van der Waals surface area contributed by atoms with Crippen LogP contribution in [0.4, 0.5) is 4.39 Å². The number of hydrogen-bond acceptors (Lipinski definition) is 1. The summed E-state index contributed by atoms with van der Waals surface area (Å²) < 4.78 is 17.0. The zero-order valence-corrected chi connectivity index (χ0v) is 13.9. The van der Waals surface area contributed by atoms with Crippen LogP contribution in [0.5, 0.6) is 0 Å². The van der Waals surface area contributed by atoms with E-state index in [-0.39, 0.29) is 0 Å². The third-order valence-corrected chi connectivity index (χ3v) is 4.07. The van der Waals surface area contributed by atoms with Gasteiger partial charge in [0.05, 0.1) is 16.7 Å². The maximum Gasteiger partial charge on any atom is 0.148 e. The van der Waals surface area contributed by atoms with Gasteiger partial charge in [-0.3, -0.25) is 4.57 Å². The van der Waals surface area contributed by atoms with Gasteiger partial charge in [0.15, 0.2) is 0 Å². The molecule has 21 heavy (non-hydrogen) atoms. The van der Waals surface area contributed by atoms with E-state index >= 15 is 0 Å². The molecule has 6 heteroatoms. The maximum atomic E-state index is 14.3. The average molecular weight is 388 g/mol. The predicted molar refractivity (Wildman–Crippen MR) is 88.2 cm³/mol. The molecule has 2 aromatic carbocycles. The van der Waals surface area contributed by atoms with Crippen LogP contribution in [0.3, 0.4) is 0 Å². The lowest BCUT2D eigenvalue weighted by Crippen LogP contribution is -2.04. The van der Waals surface area contributed by atoms with Crippen molar-refractivity contribution in [3.63, 3.8) is 0 Å². The highest BCUT2D eigenvalue weighted by atomic mass is 79.9. The molecular formula is C15H10BrCl2FN2. The lowest BCUT2D eigenvalue weighted by Gasteiger charge is -2.10. The van der Waals surface area contributed by atoms with E-state index in [1.807, 2.05) is 18.2 Å². The molecule has 0 saturated carbocycles. The normalized spacial score (nSPS) is 11.2. The van der Waals surface area contributed by atoms with Gasteiger partial charge in [0.1, 0.15) is 11.6 Å². The van der Waals surface area contributed by atoms with Crippen molar-refractivity contribution < 1.29 is 4.39 Å². The minimum absolute atomic E-state index is 0.362. The van der Waals surface area contributed by atoms with Crippen LogP contribution < -0.4 is 0 Å². The zero-order chi connectivity index (χ0) is 15.0. The molecule has 1 aromatic heterocycles. The second-order valence-corrected chi connectivity index (χ2v) is 6.26. The quantitative estimate of drug-likeness (QED) is 0.553. The van der Waals surface area contributed by atoms with Crippen LogP contribution in [0.25, 0.3) is 16.7 Å². The molecule has 0 fully saturated rings. The van der Waals surface area contributed by atoms with Gasteiger partial charge in [-0.1, -0.05) is 27.5 Å². The first-order valence-corrected chi connectivity index (χ1v) is 7.99. The van der Waals surface area contributed by atoms with Gasteiger partial charge in [-0.25, -0.2) is 9.37 Å². The third kappa shape index (κ3) is 2.80. The molecule has 0 amide bonds. The lowest BCUT2D eigenvalue weighted by molar-refractivity contribution is 0.617. The van der Waals surface area contributed by atoms with E-state index in [4.69, 9.17) is 23.2 Å². The molecule has 108 valence electrons. The Morgan fingerprint density at radius 3 is 2.71 bits per heavy atom. The minimum atomic E-state index is -0.391. The number of hydrogen-bond donors (Lipinski definition) is 0. The smallest absolute Gasteiger partial charge is 0.148 e. The fourth-order valence-corrected chi connectivity index (χ4v) is 2.96. The number of nitrogens with zero attached hydrogens (tertiary/aromatic N) is 2. The van der Waals surface area contributed by atoms with Gasteiger partial charge >= 0.3 is 0 Å². The fourth-order valence-electron chi connectivity index (χ4n) is 2.28. The van der Waals surface area contributed by atoms with Crippen molar-refractivity contribution in [2.75, 3.05) is 5.88 Å². The highest BCUT2D eigenvalue weighted by Gasteiger charge is 2.15. The summed E-state index contributed by atoms with van der Waals surface area (Å²) in [6, 6.07) is 10.3. The van der Waals surface area contributed by atoms with Crippen molar-refractivity contribution in [1.82, 2.24) is 9.55 Å². The van der Waals surface area contributed by atoms with Crippen molar-refractivity contribution in [3.8, 4) is 5.69 Å². The Morgan fingerprint density at radius 2 is 2.00 bits per heavy atom. The summed E-state index contributed by atoms with van der Waals surface area (Å²) in [5, 5.41) is 0.362. The number of benzene rings is 2. The van der Waals surface area contributed by atoms with Crippen molar-refractivity contribution in [2.24, 2.45) is 0 Å². The average Bonchev–Trinajstić information content (AvgIpc) is 2.77. The van der Waals surface area contributed by atoms with Gasteiger partial charge < -0.3 is 0 Å². The first-order chi connectivity index (χ1) is 10.1. The van der Waals surface area contributed by atoms with E-state index in [1.54, 1.807) is 16.7 Å². The molecule has 0 bridgehead atoms. The Bertz CT molecular complexity index is 817. The number of aryl methyl sites for hydroxylation is 1. The van der Waals surface area contributed by atoms with Crippen LogP contribution in [-0.2, 0) is 6.42 Å². The molecule has 0 atom stereocenters. The molecule has 0 aliphatic heterocycles. The largest absolute Gasteiger partial charge is 0.293 e. The van der Waals surface area contributed by atoms with Crippen LogP contribution in [0.1, 0.15) is 5.82 Å². The summed E-state index contributed by atoms with van der Waals surface area (Å²) in [7, 11) is 0. The Balaban J connectivity index is 2.32. The van der Waals surface area contributed by atoms with Gasteiger partial charge in [-0.05, 0) is 36.4 Å². The highest BCUT2D eigenvalue weighted by molar-refractivity contribution is 9.10. The topological polar surface area (TPSA) is 17.8 Å². The molecule has 0 aliphatic rings. The minimum Gasteiger partial charge on any atom is -0.293 e. The molecule has 2 nitrogen and oxygen atoms in total. The molecule has 1 heterocycles. The van der Waals surface area contributed by atoms with Crippen LogP contribution in [0.15, 0.2) is 40.9 Å². The monoisotopic (exact) mass is 386 g/mol. The van der Waals surface area contributed by atoms with E-state index in [0.717, 1.165) is 21.3 Å². The molecule has 0 N–H and O–H groups in total. The predicted octanol–water partition coefficient (Wildman–Crippen LogP) is 5.36. The molecular weight excluding hydrogens is 378 g/mol. The van der Waals surface area contributed by atoms with Gasteiger partial charge in [0.2, 0.25) is 0 Å². The molecule has 0 saturated heterocycles. The fraction of sp³-hybridized carbons (Fsp3) is 0.133. The maximum absolute atomic E-state index is 14.3. The van der Waals surface area contributed by atoms with E-state index in [0.29, 0.717) is 23.0 Å². The summed E-state index contributed by atoms with van der Waals surface area (Å²) in [6.45, 7) is 0. The molecule has 3 rings (SSSR count). The highest BCUT2D eigenvalue weighted by Crippen LogP contribution is 2.27. The Kier molecular flexibility index (Phi) is 4.20. The number of imidazole rings is 1. The van der Waals surface area contributed by atoms with E-state index in [1.165, 1.54) is 6.07 Å². The van der Waals surface area contributed by atoms with Crippen molar-refractivity contribution in [1.29, 1.82) is 0 Å². The van der Waals surface area contributed by atoms with Gasteiger partial charge in [-0.15, -0.1) is 11.6 Å². The van der Waals surface area contributed by atoms with E-state index in [2.05, 4.69) is 20.9 Å². The summed E-state index contributed by atoms with van der Waals surface area (Å²) in [4.78, 5) is 4.54. The second kappa shape index (κ2) is 5.95. The first-order valence-electron chi connectivity index (χ1n) is 6.28. The zero-order valence-electron chi connectivity index (χ0n) is 10.8. The van der Waals surface area contributed by atoms with E-state index < -0.39 is 5.82 Å². The van der Waals surface area contributed by atoms with Crippen LogP contribution >= 0.6 is 39.1 Å². The molecule has 0 spiro atoms. The van der Waals surface area contributed by atoms with E-state index in [9.17, 15) is 4.39 Å². The van der Waals surface area contributed by atoms with Gasteiger partial charge in [-0.2, -0.15) is 0 Å². The summed E-state index contributed by atoms with van der Waals surface area (Å²) in [5.41, 5.74) is 2.04. The Hall–Kier alpha value is -1.10. The molecule has 0 unspecified atom stereocenters. The van der Waals surface area contributed by atoms with Gasteiger partial charge in [0, 0.05) is 21.8 Å². The van der Waals surface area contributed by atoms with Gasteiger partial charge in [0.25, 0.3) is 0 Å². The number of fused-ring (bicyclic) bond motifs is 1. The number of aromatic nitrogens is 2. The van der Waals surface area contributed by atoms with Crippen molar-refractivity contribution in [3.05, 3.63) is 57.5 Å². The standard InChI is InChI=1S/C15H10BrCl2FN2/c16-9-1-3-12-14(7-9)21(15(20-12)5-6-17)13-4-2-10(18)8-11(13)19/h1-4,7-8H,5-6H2.